The fourth-order valence-corrected chi connectivity index (χ4v) is 3.45. The van der Waals surface area contributed by atoms with Crippen molar-refractivity contribution in [2.45, 2.75) is 5.25 Å². The lowest BCUT2D eigenvalue weighted by atomic mass is 10.1. The molecule has 1 aromatic rings. The van der Waals surface area contributed by atoms with Crippen LogP contribution in [0.3, 0.4) is 0 Å². The topological polar surface area (TPSA) is 102 Å². The molecule has 1 amide bonds. The molecule has 124 valence electrons. The summed E-state index contributed by atoms with van der Waals surface area (Å²) in [5.41, 5.74) is 0.411. The summed E-state index contributed by atoms with van der Waals surface area (Å²) in [6.45, 7) is 0.719. The number of benzene rings is 1. The van der Waals surface area contributed by atoms with Crippen LogP contribution in [0.2, 0.25) is 0 Å². The van der Waals surface area contributed by atoms with E-state index in [1.165, 1.54) is 42.0 Å². The Hall–Kier alpha value is -2.29. The number of hydrogen-bond acceptors (Lipinski definition) is 7. The molecule has 0 bridgehead atoms. The third-order valence-electron chi connectivity index (χ3n) is 3.53. The molecule has 1 saturated heterocycles. The van der Waals surface area contributed by atoms with Gasteiger partial charge in [-0.05, 0) is 12.1 Å². The average Bonchev–Trinajstić information content (AvgIpc) is 2.59. The molecule has 1 atom stereocenters. The van der Waals surface area contributed by atoms with E-state index in [1.54, 1.807) is 7.05 Å². The Balaban J connectivity index is 2.21. The van der Waals surface area contributed by atoms with Gasteiger partial charge in [-0.2, -0.15) is 0 Å². The molecular weight excluding hydrogens is 322 g/mol. The highest BCUT2D eigenvalue weighted by atomic mass is 32.2. The molecule has 1 aliphatic heterocycles. The van der Waals surface area contributed by atoms with Crippen LogP contribution in [-0.4, -0.2) is 59.9 Å². The summed E-state index contributed by atoms with van der Waals surface area (Å²) in [5, 5.41) is 13.4. The van der Waals surface area contributed by atoms with Gasteiger partial charge in [0, 0.05) is 37.5 Å². The number of ether oxygens (including phenoxy) is 1. The number of rotatable bonds is 4. The van der Waals surface area contributed by atoms with E-state index in [0.717, 1.165) is 0 Å². The molecule has 8 nitrogen and oxygen atoms in total. The van der Waals surface area contributed by atoms with Crippen LogP contribution >= 0.6 is 11.8 Å². The number of nitrogens with one attached hydrogen (secondary N) is 1. The number of amides is 1. The number of anilines is 1. The van der Waals surface area contributed by atoms with E-state index in [9.17, 15) is 19.7 Å². The van der Waals surface area contributed by atoms with E-state index in [1.807, 2.05) is 0 Å². The van der Waals surface area contributed by atoms with E-state index < -0.39 is 10.2 Å². The number of carbonyl (C=O) groups excluding carboxylic acids is 2. The summed E-state index contributed by atoms with van der Waals surface area (Å²) in [5.74, 6) is -0.0867. The normalized spacial score (nSPS) is 17.5. The second-order valence-electron chi connectivity index (χ2n) is 4.87. The molecule has 2 rings (SSSR count). The minimum absolute atomic E-state index is 0.158. The number of methoxy groups -OCH3 is 1. The average molecular weight is 339 g/mol. The van der Waals surface area contributed by atoms with E-state index in [2.05, 4.69) is 5.32 Å². The highest BCUT2D eigenvalue weighted by Crippen LogP contribution is 2.27. The van der Waals surface area contributed by atoms with Crippen LogP contribution in [0.5, 0.6) is 0 Å². The monoisotopic (exact) mass is 339 g/mol. The molecule has 0 saturated carbocycles. The smallest absolute Gasteiger partial charge is 0.320 e. The van der Waals surface area contributed by atoms with E-state index in [4.69, 9.17) is 4.74 Å². The van der Waals surface area contributed by atoms with Gasteiger partial charge in [0.05, 0.1) is 12.0 Å². The van der Waals surface area contributed by atoms with Crippen LogP contribution in [-0.2, 0) is 9.53 Å². The predicted molar refractivity (Wildman–Crippen MR) is 86.8 cm³/mol. The van der Waals surface area contributed by atoms with Gasteiger partial charge < -0.3 is 15.0 Å². The Labute approximate surface area is 137 Å². The minimum Gasteiger partial charge on any atom is -0.468 e. The maximum atomic E-state index is 12.6. The summed E-state index contributed by atoms with van der Waals surface area (Å²) < 4.78 is 4.71. The number of thioether (sulfide) groups is 1. The third-order valence-corrected chi connectivity index (χ3v) is 4.69. The summed E-state index contributed by atoms with van der Waals surface area (Å²) >= 11 is 1.44. The van der Waals surface area contributed by atoms with Crippen molar-refractivity contribution in [1.29, 1.82) is 0 Å². The number of nitrogens with zero attached hydrogens (tertiary/aromatic N) is 2. The molecule has 1 heterocycles. The molecule has 1 fully saturated rings. The van der Waals surface area contributed by atoms with Gasteiger partial charge in [0.25, 0.3) is 11.6 Å². The van der Waals surface area contributed by atoms with Crippen LogP contribution in [0.25, 0.3) is 0 Å². The van der Waals surface area contributed by atoms with Gasteiger partial charge >= 0.3 is 5.97 Å². The number of hydrogen-bond donors (Lipinski definition) is 1. The van der Waals surface area contributed by atoms with Crippen LogP contribution in [0.15, 0.2) is 18.2 Å². The molecule has 0 unspecified atom stereocenters. The van der Waals surface area contributed by atoms with Crippen molar-refractivity contribution in [2.24, 2.45) is 0 Å². The lowest BCUT2D eigenvalue weighted by Gasteiger charge is -2.31. The fourth-order valence-electron chi connectivity index (χ4n) is 2.32. The third kappa shape index (κ3) is 3.73. The van der Waals surface area contributed by atoms with Gasteiger partial charge in [-0.25, -0.2) is 0 Å². The van der Waals surface area contributed by atoms with E-state index >= 15 is 0 Å². The maximum absolute atomic E-state index is 12.6. The molecule has 0 radical (unpaired) electrons. The molecule has 1 N–H and O–H groups in total. The standard InChI is InChI=1S/C14H17N3O5S/c1-15-10-4-3-9(7-11(10)17(20)21)13(18)16-5-6-23-12(8-16)14(19)22-2/h3-4,7,12,15H,5-6,8H2,1-2H3/t12-/m1/s1. The summed E-state index contributed by atoms with van der Waals surface area (Å²) in [6, 6.07) is 4.29. The molecule has 9 heteroatoms. The highest BCUT2D eigenvalue weighted by Gasteiger charge is 2.30. The zero-order chi connectivity index (χ0) is 17.0. The molecule has 0 spiro atoms. The second kappa shape index (κ2) is 7.32. The first-order valence-electron chi connectivity index (χ1n) is 6.92. The second-order valence-corrected chi connectivity index (χ2v) is 6.18. The van der Waals surface area contributed by atoms with E-state index in [-0.39, 0.29) is 29.7 Å². The Morgan fingerprint density at radius 2 is 2.22 bits per heavy atom. The lowest BCUT2D eigenvalue weighted by molar-refractivity contribution is -0.384. The SMILES string of the molecule is CNc1ccc(C(=O)N2CCS[C@@H](C(=O)OC)C2)cc1[N+](=O)[O-]. The van der Waals surface area contributed by atoms with Gasteiger partial charge in [-0.1, -0.05) is 0 Å². The van der Waals surface area contributed by atoms with Crippen molar-refractivity contribution in [3.8, 4) is 0 Å². The molecule has 0 aromatic heterocycles. The number of esters is 1. The summed E-state index contributed by atoms with van der Waals surface area (Å²) in [6.07, 6.45) is 0. The zero-order valence-corrected chi connectivity index (χ0v) is 13.6. The van der Waals surface area contributed by atoms with Crippen LogP contribution in [0.4, 0.5) is 11.4 Å². The summed E-state index contributed by atoms with van der Waals surface area (Å²) in [4.78, 5) is 36.2. The molecule has 23 heavy (non-hydrogen) atoms. The fraction of sp³-hybridized carbons (Fsp3) is 0.429. The van der Waals surface area contributed by atoms with E-state index in [0.29, 0.717) is 18.0 Å². The Morgan fingerprint density at radius 1 is 1.48 bits per heavy atom. The van der Waals surface area contributed by atoms with Crippen LogP contribution in [0, 0.1) is 10.1 Å². The van der Waals surface area contributed by atoms with Gasteiger partial charge in [-0.15, -0.1) is 11.8 Å². The maximum Gasteiger partial charge on any atom is 0.320 e. The minimum atomic E-state index is -0.536. The van der Waals surface area contributed by atoms with Gasteiger partial charge in [0.1, 0.15) is 10.9 Å². The zero-order valence-electron chi connectivity index (χ0n) is 12.8. The molecule has 1 aromatic carbocycles. The predicted octanol–water partition coefficient (Wildman–Crippen LogP) is 1.37. The largest absolute Gasteiger partial charge is 0.468 e. The van der Waals surface area contributed by atoms with Crippen molar-refractivity contribution in [3.05, 3.63) is 33.9 Å². The quantitative estimate of drug-likeness (QED) is 0.502. The van der Waals surface area contributed by atoms with Crippen molar-refractivity contribution in [1.82, 2.24) is 4.90 Å². The lowest BCUT2D eigenvalue weighted by Crippen LogP contribution is -2.44. The van der Waals surface area contributed by atoms with Crippen molar-refractivity contribution in [3.63, 3.8) is 0 Å². The van der Waals surface area contributed by atoms with Crippen molar-refractivity contribution >= 4 is 35.0 Å². The van der Waals surface area contributed by atoms with Crippen LogP contribution in [0.1, 0.15) is 10.4 Å². The first-order valence-corrected chi connectivity index (χ1v) is 7.97. The first kappa shape index (κ1) is 17.1. The number of carbonyl (C=O) groups is 2. The van der Waals surface area contributed by atoms with Crippen molar-refractivity contribution < 1.29 is 19.2 Å². The van der Waals surface area contributed by atoms with Crippen LogP contribution < -0.4 is 5.32 Å². The summed E-state index contributed by atoms with van der Waals surface area (Å²) in [7, 11) is 2.89. The Kier molecular flexibility index (Phi) is 5.43. The Bertz CT molecular complexity index is 637. The molecular formula is C14H17N3O5S. The van der Waals surface area contributed by atoms with Gasteiger partial charge in [-0.3, -0.25) is 19.7 Å². The highest BCUT2D eigenvalue weighted by molar-refractivity contribution is 8.00. The van der Waals surface area contributed by atoms with Gasteiger partial charge in [0.2, 0.25) is 0 Å². The number of nitro groups is 1. The molecule has 1 aliphatic rings. The van der Waals surface area contributed by atoms with Gasteiger partial charge in [0.15, 0.2) is 0 Å². The first-order chi connectivity index (χ1) is 11.0. The van der Waals surface area contributed by atoms with Crippen molar-refractivity contribution in [2.75, 3.05) is 38.3 Å². The molecule has 0 aliphatic carbocycles. The Morgan fingerprint density at radius 3 is 2.83 bits per heavy atom. The number of nitro benzene ring substituents is 1.